The van der Waals surface area contributed by atoms with Crippen molar-refractivity contribution in [3.63, 3.8) is 0 Å². The van der Waals surface area contributed by atoms with Crippen LogP contribution in [0.3, 0.4) is 0 Å². The van der Waals surface area contributed by atoms with E-state index in [4.69, 9.17) is 0 Å². The van der Waals surface area contributed by atoms with Crippen LogP contribution in [0.5, 0.6) is 0 Å². The normalized spacial score (nSPS) is 23.3. The molecular formula is C14H21N3O3S. The van der Waals surface area contributed by atoms with Crippen molar-refractivity contribution in [2.24, 2.45) is 11.8 Å². The zero-order valence-electron chi connectivity index (χ0n) is 12.2. The van der Waals surface area contributed by atoms with Crippen LogP contribution in [0, 0.1) is 11.8 Å². The summed E-state index contributed by atoms with van der Waals surface area (Å²) >= 11 is 0. The maximum absolute atomic E-state index is 12.1. The van der Waals surface area contributed by atoms with Gasteiger partial charge in [0.15, 0.2) is 9.84 Å². The highest BCUT2D eigenvalue weighted by Crippen LogP contribution is 2.33. The average Bonchev–Trinajstić information content (AvgIpc) is 3.17. The van der Waals surface area contributed by atoms with E-state index in [9.17, 15) is 13.2 Å². The van der Waals surface area contributed by atoms with Crippen molar-refractivity contribution in [2.75, 3.05) is 19.3 Å². The van der Waals surface area contributed by atoms with Gasteiger partial charge in [0.05, 0.1) is 11.9 Å². The molecule has 1 aliphatic heterocycles. The number of carbonyl (C=O) groups excluding carboxylic acids is 1. The molecule has 2 fully saturated rings. The summed E-state index contributed by atoms with van der Waals surface area (Å²) in [6, 6.07) is 0. The van der Waals surface area contributed by atoms with Gasteiger partial charge in [0.25, 0.3) is 0 Å². The van der Waals surface area contributed by atoms with Gasteiger partial charge in [-0.3, -0.25) is 9.89 Å². The fraction of sp³-hybridized carbons (Fsp3) is 0.714. The molecule has 1 aliphatic carbocycles. The number of amides is 1. The summed E-state index contributed by atoms with van der Waals surface area (Å²) in [4.78, 5) is 14.4. The molecule has 1 N–H and O–H groups in total. The second-order valence-electron chi connectivity index (χ2n) is 6.26. The van der Waals surface area contributed by atoms with Gasteiger partial charge in [-0.15, -0.1) is 0 Å². The Kier molecular flexibility index (Phi) is 3.77. The van der Waals surface area contributed by atoms with Crippen LogP contribution in [0.4, 0.5) is 0 Å². The summed E-state index contributed by atoms with van der Waals surface area (Å²) < 4.78 is 23.4. The third-order valence-electron chi connectivity index (χ3n) is 4.33. The lowest BCUT2D eigenvalue weighted by atomic mass is 9.93. The van der Waals surface area contributed by atoms with Crippen LogP contribution in [-0.4, -0.2) is 48.8 Å². The molecule has 116 valence electrons. The predicted molar refractivity (Wildman–Crippen MR) is 77.4 cm³/mol. The van der Waals surface area contributed by atoms with Gasteiger partial charge in [-0.25, -0.2) is 8.42 Å². The Morgan fingerprint density at radius 2 is 2.19 bits per heavy atom. The van der Waals surface area contributed by atoms with Gasteiger partial charge in [-0.05, 0) is 38.0 Å². The Morgan fingerprint density at radius 1 is 1.43 bits per heavy atom. The zero-order valence-corrected chi connectivity index (χ0v) is 13.0. The number of H-pyrrole nitrogens is 1. The van der Waals surface area contributed by atoms with Crippen molar-refractivity contribution >= 4 is 15.7 Å². The highest BCUT2D eigenvalue weighted by atomic mass is 32.2. The molecule has 21 heavy (non-hydrogen) atoms. The van der Waals surface area contributed by atoms with Gasteiger partial charge < -0.3 is 4.90 Å². The third-order valence-corrected chi connectivity index (χ3v) is 5.48. The molecule has 1 aromatic heterocycles. The van der Waals surface area contributed by atoms with Crippen molar-refractivity contribution in [3.05, 3.63) is 11.9 Å². The molecule has 0 spiro atoms. The van der Waals surface area contributed by atoms with E-state index < -0.39 is 9.84 Å². The summed E-state index contributed by atoms with van der Waals surface area (Å²) in [6.07, 6.45) is 7.28. The van der Waals surface area contributed by atoms with E-state index in [0.717, 1.165) is 38.8 Å². The first-order valence-electron chi connectivity index (χ1n) is 7.46. The molecule has 6 nitrogen and oxygen atoms in total. The SMILES string of the molecule is CS(=O)(=O)c1cn[nH]c1CC1CCCN(C(=O)C2CC2)C1. The monoisotopic (exact) mass is 311 g/mol. The van der Waals surface area contributed by atoms with Crippen molar-refractivity contribution < 1.29 is 13.2 Å². The topological polar surface area (TPSA) is 83.1 Å². The smallest absolute Gasteiger partial charge is 0.225 e. The van der Waals surface area contributed by atoms with Crippen LogP contribution >= 0.6 is 0 Å². The number of rotatable bonds is 4. The number of hydrogen-bond acceptors (Lipinski definition) is 4. The number of aromatic nitrogens is 2. The van der Waals surface area contributed by atoms with E-state index in [1.54, 1.807) is 0 Å². The van der Waals surface area contributed by atoms with Gasteiger partial charge in [-0.1, -0.05) is 0 Å². The molecule has 1 saturated carbocycles. The Labute approximate surface area is 124 Å². The third kappa shape index (κ3) is 3.28. The summed E-state index contributed by atoms with van der Waals surface area (Å²) in [5.74, 6) is 0.845. The van der Waals surface area contributed by atoms with Gasteiger partial charge in [-0.2, -0.15) is 5.10 Å². The molecule has 7 heteroatoms. The first-order valence-corrected chi connectivity index (χ1v) is 9.35. The largest absolute Gasteiger partial charge is 0.342 e. The Balaban J connectivity index is 1.67. The average molecular weight is 311 g/mol. The molecule has 1 unspecified atom stereocenters. The quantitative estimate of drug-likeness (QED) is 0.899. The molecule has 1 saturated heterocycles. The number of piperidine rings is 1. The first kappa shape index (κ1) is 14.6. The summed E-state index contributed by atoms with van der Waals surface area (Å²) in [5.41, 5.74) is 0.670. The van der Waals surface area contributed by atoms with Crippen molar-refractivity contribution in [1.82, 2.24) is 15.1 Å². The molecular weight excluding hydrogens is 290 g/mol. The van der Waals surface area contributed by atoms with Gasteiger partial charge in [0, 0.05) is 25.3 Å². The van der Waals surface area contributed by atoms with E-state index in [2.05, 4.69) is 10.2 Å². The molecule has 0 aromatic carbocycles. The number of nitrogens with zero attached hydrogens (tertiary/aromatic N) is 2. The lowest BCUT2D eigenvalue weighted by molar-refractivity contribution is -0.134. The van der Waals surface area contributed by atoms with Gasteiger partial charge in [0.1, 0.15) is 4.90 Å². The van der Waals surface area contributed by atoms with Crippen LogP contribution < -0.4 is 0 Å². The second-order valence-corrected chi connectivity index (χ2v) is 8.24. The standard InChI is InChI=1S/C14H21N3O3S/c1-21(19,20)13-8-15-16-12(13)7-10-3-2-6-17(9-10)14(18)11-4-5-11/h8,10-11H,2-7,9H2,1H3,(H,15,16). The van der Waals surface area contributed by atoms with E-state index in [1.807, 2.05) is 4.90 Å². The molecule has 3 rings (SSSR count). The van der Waals surface area contributed by atoms with E-state index >= 15 is 0 Å². The van der Waals surface area contributed by atoms with Crippen LogP contribution in [0.2, 0.25) is 0 Å². The number of nitrogens with one attached hydrogen (secondary N) is 1. The molecule has 2 heterocycles. The van der Waals surface area contributed by atoms with Gasteiger partial charge in [0.2, 0.25) is 5.91 Å². The zero-order chi connectivity index (χ0) is 15.0. The Hall–Kier alpha value is -1.37. The minimum Gasteiger partial charge on any atom is -0.342 e. The first-order chi connectivity index (χ1) is 9.95. The van der Waals surface area contributed by atoms with Crippen LogP contribution in [0.1, 0.15) is 31.4 Å². The number of likely N-dealkylation sites (tertiary alicyclic amines) is 1. The lowest BCUT2D eigenvalue weighted by Crippen LogP contribution is -2.41. The predicted octanol–water partition coefficient (Wildman–Crippen LogP) is 1.00. The molecule has 1 atom stereocenters. The molecule has 2 aliphatic rings. The number of carbonyl (C=O) groups is 1. The summed E-state index contributed by atoms with van der Waals surface area (Å²) in [6.45, 7) is 1.57. The van der Waals surface area contributed by atoms with E-state index in [0.29, 0.717) is 18.0 Å². The Bertz CT molecular complexity index is 634. The summed E-state index contributed by atoms with van der Waals surface area (Å²) in [5, 5.41) is 6.67. The van der Waals surface area contributed by atoms with Crippen molar-refractivity contribution in [2.45, 2.75) is 37.0 Å². The van der Waals surface area contributed by atoms with E-state index in [1.165, 1.54) is 12.5 Å². The van der Waals surface area contributed by atoms with Crippen molar-refractivity contribution in [1.29, 1.82) is 0 Å². The van der Waals surface area contributed by atoms with Crippen LogP contribution in [0.15, 0.2) is 11.1 Å². The molecule has 0 bridgehead atoms. The van der Waals surface area contributed by atoms with Crippen LogP contribution in [-0.2, 0) is 21.1 Å². The summed E-state index contributed by atoms with van der Waals surface area (Å²) in [7, 11) is -3.25. The lowest BCUT2D eigenvalue weighted by Gasteiger charge is -2.33. The van der Waals surface area contributed by atoms with Crippen LogP contribution in [0.25, 0.3) is 0 Å². The maximum Gasteiger partial charge on any atom is 0.225 e. The number of aromatic amines is 1. The highest BCUT2D eigenvalue weighted by molar-refractivity contribution is 7.90. The Morgan fingerprint density at radius 3 is 2.86 bits per heavy atom. The number of hydrogen-bond donors (Lipinski definition) is 1. The van der Waals surface area contributed by atoms with Crippen molar-refractivity contribution in [3.8, 4) is 0 Å². The fourth-order valence-corrected chi connectivity index (χ4v) is 3.90. The van der Waals surface area contributed by atoms with Gasteiger partial charge >= 0.3 is 0 Å². The van der Waals surface area contributed by atoms with E-state index in [-0.39, 0.29) is 16.7 Å². The highest BCUT2D eigenvalue weighted by Gasteiger charge is 2.35. The molecule has 1 amide bonds. The molecule has 0 radical (unpaired) electrons. The minimum atomic E-state index is -3.25. The second kappa shape index (κ2) is 5.44. The molecule has 1 aromatic rings. The fourth-order valence-electron chi connectivity index (χ4n) is 3.08. The minimum absolute atomic E-state index is 0.252. The maximum atomic E-state index is 12.1. The number of sulfone groups is 1.